The van der Waals surface area contributed by atoms with Crippen molar-refractivity contribution in [3.05, 3.63) is 60.3 Å². The highest BCUT2D eigenvalue weighted by atomic mass is 16.6. The average Bonchev–Trinajstić information content (AvgIpc) is 2.71. The smallest absolute Gasteiger partial charge is 0.258 e. The molecule has 1 aliphatic rings. The third-order valence-electron chi connectivity index (χ3n) is 4.40. The lowest BCUT2D eigenvalue weighted by Crippen LogP contribution is -2.31. The van der Waals surface area contributed by atoms with Gasteiger partial charge in [-0.15, -0.1) is 0 Å². The van der Waals surface area contributed by atoms with Gasteiger partial charge in [0.15, 0.2) is 18.1 Å². The van der Waals surface area contributed by atoms with E-state index in [1.807, 2.05) is 55.5 Å². The standard InChI is InChI=1S/C21H20N2O4/c1-14(16-7-8-17-19(12-16)26-11-10-25-17)23-20(24)13-27-18-6-2-4-15-5-3-9-22-21(15)18/h2-9,12,14H,10-11,13H2,1H3,(H,23,24)/t14-/m0/s1. The second-order valence-corrected chi connectivity index (χ2v) is 6.31. The van der Waals surface area contributed by atoms with Gasteiger partial charge >= 0.3 is 0 Å². The molecule has 1 aromatic heterocycles. The number of aromatic nitrogens is 1. The molecule has 2 aromatic carbocycles. The molecular formula is C21H20N2O4. The fourth-order valence-electron chi connectivity index (χ4n) is 3.03. The summed E-state index contributed by atoms with van der Waals surface area (Å²) in [7, 11) is 0. The van der Waals surface area contributed by atoms with Crippen LogP contribution in [0.2, 0.25) is 0 Å². The van der Waals surface area contributed by atoms with Gasteiger partial charge in [0.05, 0.1) is 6.04 Å². The van der Waals surface area contributed by atoms with Crippen LogP contribution in [0.5, 0.6) is 17.2 Å². The lowest BCUT2D eigenvalue weighted by molar-refractivity contribution is -0.123. The molecule has 138 valence electrons. The Hall–Kier alpha value is -3.28. The number of nitrogens with zero attached hydrogens (tertiary/aromatic N) is 1. The zero-order valence-corrected chi connectivity index (χ0v) is 15.0. The van der Waals surface area contributed by atoms with Gasteiger partial charge < -0.3 is 19.5 Å². The predicted molar refractivity (Wildman–Crippen MR) is 101 cm³/mol. The van der Waals surface area contributed by atoms with Crippen molar-refractivity contribution in [2.75, 3.05) is 19.8 Å². The molecule has 1 aliphatic heterocycles. The summed E-state index contributed by atoms with van der Waals surface area (Å²) in [5, 5.41) is 3.91. The van der Waals surface area contributed by atoms with E-state index in [4.69, 9.17) is 14.2 Å². The van der Waals surface area contributed by atoms with Gasteiger partial charge in [0.25, 0.3) is 5.91 Å². The molecule has 3 aromatic rings. The number of hydrogen-bond acceptors (Lipinski definition) is 5. The lowest BCUT2D eigenvalue weighted by atomic mass is 10.1. The molecule has 0 spiro atoms. The number of carbonyl (C=O) groups excluding carboxylic acids is 1. The summed E-state index contributed by atoms with van der Waals surface area (Å²) in [5.74, 6) is 1.83. The summed E-state index contributed by atoms with van der Waals surface area (Å²) in [6, 6.07) is 15.0. The van der Waals surface area contributed by atoms with Crippen LogP contribution in [-0.2, 0) is 4.79 Å². The normalized spacial score (nSPS) is 13.8. The van der Waals surface area contributed by atoms with Crippen LogP contribution < -0.4 is 19.5 Å². The maximum Gasteiger partial charge on any atom is 0.258 e. The Balaban J connectivity index is 1.39. The molecule has 0 fully saturated rings. The molecule has 1 amide bonds. The van der Waals surface area contributed by atoms with E-state index in [1.54, 1.807) is 6.20 Å². The third-order valence-corrected chi connectivity index (χ3v) is 4.40. The molecule has 27 heavy (non-hydrogen) atoms. The van der Waals surface area contributed by atoms with Crippen LogP contribution in [0.3, 0.4) is 0 Å². The number of ether oxygens (including phenoxy) is 3. The Labute approximate surface area is 157 Å². The van der Waals surface area contributed by atoms with Crippen LogP contribution in [0.1, 0.15) is 18.5 Å². The average molecular weight is 364 g/mol. The molecule has 6 nitrogen and oxygen atoms in total. The Morgan fingerprint density at radius 2 is 1.96 bits per heavy atom. The molecule has 0 radical (unpaired) electrons. The largest absolute Gasteiger partial charge is 0.486 e. The van der Waals surface area contributed by atoms with Crippen LogP contribution in [0, 0.1) is 0 Å². The van der Waals surface area contributed by atoms with E-state index < -0.39 is 0 Å². The second-order valence-electron chi connectivity index (χ2n) is 6.31. The zero-order valence-electron chi connectivity index (χ0n) is 15.0. The van der Waals surface area contributed by atoms with Crippen LogP contribution in [0.25, 0.3) is 10.9 Å². The summed E-state index contributed by atoms with van der Waals surface area (Å²) in [4.78, 5) is 16.6. The van der Waals surface area contributed by atoms with Gasteiger partial charge in [0.2, 0.25) is 0 Å². The first-order valence-corrected chi connectivity index (χ1v) is 8.86. The van der Waals surface area contributed by atoms with Crippen LogP contribution in [0.4, 0.5) is 0 Å². The van der Waals surface area contributed by atoms with Gasteiger partial charge in [-0.2, -0.15) is 0 Å². The quantitative estimate of drug-likeness (QED) is 0.752. The SMILES string of the molecule is C[C@H](NC(=O)COc1cccc2cccnc12)c1ccc2c(c1)OCCO2. The maximum atomic E-state index is 12.3. The third kappa shape index (κ3) is 3.79. The van der Waals surface area contributed by atoms with Crippen LogP contribution in [0.15, 0.2) is 54.7 Å². The fourth-order valence-corrected chi connectivity index (χ4v) is 3.03. The highest BCUT2D eigenvalue weighted by Gasteiger charge is 2.16. The summed E-state index contributed by atoms with van der Waals surface area (Å²) < 4.78 is 16.8. The van der Waals surface area contributed by atoms with E-state index in [2.05, 4.69) is 10.3 Å². The highest BCUT2D eigenvalue weighted by molar-refractivity contribution is 5.85. The lowest BCUT2D eigenvalue weighted by Gasteiger charge is -2.21. The van der Waals surface area contributed by atoms with Crippen molar-refractivity contribution in [1.82, 2.24) is 10.3 Å². The Morgan fingerprint density at radius 1 is 1.15 bits per heavy atom. The highest BCUT2D eigenvalue weighted by Crippen LogP contribution is 2.32. The van der Waals surface area contributed by atoms with Crippen LogP contribution in [-0.4, -0.2) is 30.7 Å². The Bertz CT molecular complexity index is 968. The number of rotatable bonds is 5. The first-order valence-electron chi connectivity index (χ1n) is 8.86. The van der Waals surface area contributed by atoms with Gasteiger partial charge in [-0.25, -0.2) is 0 Å². The van der Waals surface area contributed by atoms with Gasteiger partial charge in [0, 0.05) is 11.6 Å². The number of para-hydroxylation sites is 1. The van der Waals surface area contributed by atoms with Crippen molar-refractivity contribution >= 4 is 16.8 Å². The van der Waals surface area contributed by atoms with Gasteiger partial charge in [-0.1, -0.05) is 24.3 Å². The minimum Gasteiger partial charge on any atom is -0.486 e. The number of benzene rings is 2. The van der Waals surface area contributed by atoms with E-state index in [1.165, 1.54) is 0 Å². The van der Waals surface area contributed by atoms with E-state index >= 15 is 0 Å². The summed E-state index contributed by atoms with van der Waals surface area (Å²) in [6.45, 7) is 2.93. The molecule has 0 aliphatic carbocycles. The van der Waals surface area contributed by atoms with Gasteiger partial charge in [-0.3, -0.25) is 9.78 Å². The summed E-state index contributed by atoms with van der Waals surface area (Å²) in [5.41, 5.74) is 1.69. The molecule has 4 rings (SSSR count). The number of hydrogen-bond donors (Lipinski definition) is 1. The predicted octanol–water partition coefficient (Wildman–Crippen LogP) is 3.26. The first-order chi connectivity index (χ1) is 13.2. The fraction of sp³-hybridized carbons (Fsp3) is 0.238. The number of amides is 1. The summed E-state index contributed by atoms with van der Waals surface area (Å²) >= 11 is 0. The molecular weight excluding hydrogens is 344 g/mol. The molecule has 1 atom stereocenters. The van der Waals surface area contributed by atoms with E-state index in [9.17, 15) is 4.79 Å². The van der Waals surface area contributed by atoms with Crippen molar-refractivity contribution < 1.29 is 19.0 Å². The zero-order chi connectivity index (χ0) is 18.6. The van der Waals surface area contributed by atoms with Crippen molar-refractivity contribution in [1.29, 1.82) is 0 Å². The molecule has 2 heterocycles. The number of fused-ring (bicyclic) bond motifs is 2. The second kappa shape index (κ2) is 7.53. The molecule has 6 heteroatoms. The molecule has 0 bridgehead atoms. The molecule has 0 saturated carbocycles. The van der Waals surface area contributed by atoms with Crippen molar-refractivity contribution in [3.8, 4) is 17.2 Å². The van der Waals surface area contributed by atoms with Crippen molar-refractivity contribution in [2.24, 2.45) is 0 Å². The van der Waals surface area contributed by atoms with Crippen molar-refractivity contribution in [3.63, 3.8) is 0 Å². The van der Waals surface area contributed by atoms with E-state index in [0.717, 1.165) is 22.2 Å². The van der Waals surface area contributed by atoms with Gasteiger partial charge in [0.1, 0.15) is 24.5 Å². The minimum atomic E-state index is -0.203. The van der Waals surface area contributed by atoms with Crippen molar-refractivity contribution in [2.45, 2.75) is 13.0 Å². The number of pyridine rings is 1. The topological polar surface area (TPSA) is 69.7 Å². The summed E-state index contributed by atoms with van der Waals surface area (Å²) in [6.07, 6.45) is 1.71. The number of carbonyl (C=O) groups is 1. The van der Waals surface area contributed by atoms with E-state index in [-0.39, 0.29) is 18.6 Å². The van der Waals surface area contributed by atoms with Crippen LogP contribution >= 0.6 is 0 Å². The number of nitrogens with one attached hydrogen (secondary N) is 1. The Morgan fingerprint density at radius 3 is 2.85 bits per heavy atom. The van der Waals surface area contributed by atoms with Gasteiger partial charge in [-0.05, 0) is 36.8 Å². The molecule has 0 unspecified atom stereocenters. The molecule has 1 N–H and O–H groups in total. The minimum absolute atomic E-state index is 0.0788. The first kappa shape index (κ1) is 17.1. The maximum absolute atomic E-state index is 12.3. The molecule has 0 saturated heterocycles. The Kier molecular flexibility index (Phi) is 4.78. The monoisotopic (exact) mass is 364 g/mol. The van der Waals surface area contributed by atoms with E-state index in [0.29, 0.717) is 24.7 Å².